The van der Waals surface area contributed by atoms with E-state index in [1.165, 1.54) is 0 Å². The number of nitrogen functional groups attached to an aromatic ring is 1. The van der Waals surface area contributed by atoms with Crippen LogP contribution in [0.3, 0.4) is 0 Å². The molecule has 0 aliphatic carbocycles. The van der Waals surface area contributed by atoms with Gasteiger partial charge in [-0.3, -0.25) is 4.40 Å². The number of nitrogens with zero attached hydrogens (tertiary/aromatic N) is 4. The highest BCUT2D eigenvalue weighted by Crippen LogP contribution is 2.23. The van der Waals surface area contributed by atoms with Gasteiger partial charge < -0.3 is 10.5 Å². The normalized spacial score (nSPS) is 12.7. The van der Waals surface area contributed by atoms with Gasteiger partial charge in [-0.05, 0) is 19.4 Å². The van der Waals surface area contributed by atoms with E-state index in [0.717, 1.165) is 16.8 Å². The Bertz CT molecular complexity index is 750. The fourth-order valence-electron chi connectivity index (χ4n) is 2.27. The summed E-state index contributed by atoms with van der Waals surface area (Å²) in [5.74, 6) is 0.374. The quantitative estimate of drug-likeness (QED) is 0.795. The largest absolute Gasteiger partial charge is 0.374 e. The van der Waals surface area contributed by atoms with Gasteiger partial charge in [0.1, 0.15) is 6.33 Å². The van der Waals surface area contributed by atoms with Crippen molar-refractivity contribution in [2.24, 2.45) is 0 Å². The molecule has 3 aromatic rings. The Balaban J connectivity index is 1.95. The number of ether oxygens (including phenoxy) is 1. The van der Waals surface area contributed by atoms with Crippen LogP contribution < -0.4 is 5.73 Å². The molecule has 0 radical (unpaired) electrons. The maximum Gasteiger partial charge on any atom is 0.207 e. The predicted molar refractivity (Wildman–Crippen MR) is 80.7 cm³/mol. The minimum atomic E-state index is 0.0843. The van der Waals surface area contributed by atoms with Crippen molar-refractivity contribution in [3.05, 3.63) is 42.2 Å². The number of hydrogen-bond acceptors (Lipinski definition) is 5. The molecule has 0 fully saturated rings. The SMILES string of the molecule is CCO[C@@H](C)c1ccc(-c2cc3nncn3c(N)n2)cc1. The van der Waals surface area contributed by atoms with Crippen LogP contribution in [0.2, 0.25) is 0 Å². The molecule has 0 amide bonds. The number of hydrogen-bond donors (Lipinski definition) is 1. The van der Waals surface area contributed by atoms with Crippen LogP contribution in [0.1, 0.15) is 25.5 Å². The van der Waals surface area contributed by atoms with Gasteiger partial charge in [-0.1, -0.05) is 24.3 Å². The molecule has 1 aromatic carbocycles. The zero-order valence-electron chi connectivity index (χ0n) is 12.0. The van der Waals surface area contributed by atoms with E-state index < -0.39 is 0 Å². The van der Waals surface area contributed by atoms with E-state index in [2.05, 4.69) is 15.2 Å². The standard InChI is InChI=1S/C15H17N5O/c1-3-21-10(2)11-4-6-12(7-5-11)13-8-14-19-17-9-20(14)15(16)18-13/h4-10H,3H2,1-2H3,(H2,16,18)/t10-/m0/s1. The van der Waals surface area contributed by atoms with E-state index in [1.807, 2.05) is 44.2 Å². The topological polar surface area (TPSA) is 78.3 Å². The molecular formula is C15H17N5O. The molecule has 2 aromatic heterocycles. The van der Waals surface area contributed by atoms with Crippen molar-refractivity contribution in [2.45, 2.75) is 20.0 Å². The zero-order chi connectivity index (χ0) is 14.8. The molecule has 6 heteroatoms. The highest BCUT2D eigenvalue weighted by molar-refractivity contribution is 5.65. The van der Waals surface area contributed by atoms with Crippen molar-refractivity contribution >= 4 is 11.6 Å². The third kappa shape index (κ3) is 2.57. The van der Waals surface area contributed by atoms with Gasteiger partial charge >= 0.3 is 0 Å². The maximum absolute atomic E-state index is 5.91. The first-order chi connectivity index (χ1) is 10.2. The fraction of sp³-hybridized carbons (Fsp3) is 0.267. The van der Waals surface area contributed by atoms with Gasteiger partial charge in [0.25, 0.3) is 0 Å². The Morgan fingerprint density at radius 1 is 1.29 bits per heavy atom. The molecule has 0 aliphatic rings. The van der Waals surface area contributed by atoms with Crippen LogP contribution in [0.5, 0.6) is 0 Å². The second-order valence-corrected chi connectivity index (χ2v) is 4.78. The lowest BCUT2D eigenvalue weighted by Crippen LogP contribution is -2.01. The molecule has 0 saturated heterocycles. The van der Waals surface area contributed by atoms with E-state index >= 15 is 0 Å². The highest BCUT2D eigenvalue weighted by Gasteiger charge is 2.08. The van der Waals surface area contributed by atoms with Crippen LogP contribution in [0.4, 0.5) is 5.95 Å². The maximum atomic E-state index is 5.91. The van der Waals surface area contributed by atoms with E-state index in [-0.39, 0.29) is 6.10 Å². The predicted octanol–water partition coefficient (Wildman–Crippen LogP) is 2.47. The highest BCUT2D eigenvalue weighted by atomic mass is 16.5. The van der Waals surface area contributed by atoms with E-state index in [0.29, 0.717) is 18.2 Å². The van der Waals surface area contributed by atoms with Gasteiger partial charge in [0, 0.05) is 18.2 Å². The summed E-state index contributed by atoms with van der Waals surface area (Å²) in [7, 11) is 0. The Labute approximate surface area is 122 Å². The average Bonchev–Trinajstić information content (AvgIpc) is 2.97. The van der Waals surface area contributed by atoms with Gasteiger partial charge in [-0.15, -0.1) is 10.2 Å². The Morgan fingerprint density at radius 3 is 2.76 bits per heavy atom. The van der Waals surface area contributed by atoms with Crippen molar-refractivity contribution in [2.75, 3.05) is 12.3 Å². The van der Waals surface area contributed by atoms with E-state index in [1.54, 1.807) is 10.7 Å². The molecule has 0 unspecified atom stereocenters. The zero-order valence-corrected chi connectivity index (χ0v) is 12.0. The van der Waals surface area contributed by atoms with Crippen molar-refractivity contribution in [1.82, 2.24) is 19.6 Å². The molecule has 1 atom stereocenters. The van der Waals surface area contributed by atoms with Crippen LogP contribution in [-0.2, 0) is 4.74 Å². The third-order valence-electron chi connectivity index (χ3n) is 3.41. The second-order valence-electron chi connectivity index (χ2n) is 4.78. The van der Waals surface area contributed by atoms with E-state index in [9.17, 15) is 0 Å². The Hall–Kier alpha value is -2.47. The summed E-state index contributed by atoms with van der Waals surface area (Å²) < 4.78 is 7.23. The third-order valence-corrected chi connectivity index (χ3v) is 3.41. The molecule has 2 N–H and O–H groups in total. The molecular weight excluding hydrogens is 266 g/mol. The number of rotatable bonds is 4. The number of aromatic nitrogens is 4. The van der Waals surface area contributed by atoms with Crippen molar-refractivity contribution in [3.8, 4) is 11.3 Å². The van der Waals surface area contributed by atoms with Gasteiger partial charge in [-0.2, -0.15) is 0 Å². The summed E-state index contributed by atoms with van der Waals surface area (Å²) in [5, 5.41) is 7.84. The first-order valence-corrected chi connectivity index (χ1v) is 6.87. The molecule has 3 rings (SSSR count). The van der Waals surface area contributed by atoms with Gasteiger partial charge in [-0.25, -0.2) is 4.98 Å². The monoisotopic (exact) mass is 283 g/mol. The molecule has 21 heavy (non-hydrogen) atoms. The van der Waals surface area contributed by atoms with Gasteiger partial charge in [0.2, 0.25) is 5.95 Å². The summed E-state index contributed by atoms with van der Waals surface area (Å²) in [6.07, 6.45) is 1.63. The van der Waals surface area contributed by atoms with Crippen LogP contribution in [0.25, 0.3) is 16.9 Å². The summed E-state index contributed by atoms with van der Waals surface area (Å²) in [6.45, 7) is 4.73. The molecule has 2 heterocycles. The van der Waals surface area contributed by atoms with E-state index in [4.69, 9.17) is 10.5 Å². The van der Waals surface area contributed by atoms with Crippen LogP contribution in [0, 0.1) is 0 Å². The summed E-state index contributed by atoms with van der Waals surface area (Å²) in [5.41, 5.74) is 9.50. The Kier molecular flexibility index (Phi) is 3.53. The lowest BCUT2D eigenvalue weighted by atomic mass is 10.1. The number of anilines is 1. The van der Waals surface area contributed by atoms with Gasteiger partial charge in [0.15, 0.2) is 5.65 Å². The molecule has 0 saturated carbocycles. The molecule has 0 spiro atoms. The first kappa shape index (κ1) is 13.5. The van der Waals surface area contributed by atoms with Crippen molar-refractivity contribution in [1.29, 1.82) is 0 Å². The van der Waals surface area contributed by atoms with Crippen molar-refractivity contribution in [3.63, 3.8) is 0 Å². The summed E-state index contributed by atoms with van der Waals surface area (Å²) in [4.78, 5) is 4.38. The lowest BCUT2D eigenvalue weighted by Gasteiger charge is -2.12. The number of nitrogens with two attached hydrogens (primary N) is 1. The fourth-order valence-corrected chi connectivity index (χ4v) is 2.27. The van der Waals surface area contributed by atoms with Crippen LogP contribution >= 0.6 is 0 Å². The Morgan fingerprint density at radius 2 is 2.05 bits per heavy atom. The summed E-state index contributed by atoms with van der Waals surface area (Å²) in [6, 6.07) is 9.98. The summed E-state index contributed by atoms with van der Waals surface area (Å²) >= 11 is 0. The average molecular weight is 283 g/mol. The van der Waals surface area contributed by atoms with Gasteiger partial charge in [0.05, 0.1) is 11.8 Å². The number of benzene rings is 1. The molecule has 108 valence electrons. The molecule has 6 nitrogen and oxygen atoms in total. The second kappa shape index (κ2) is 5.49. The molecule has 0 bridgehead atoms. The minimum absolute atomic E-state index is 0.0843. The molecule has 0 aliphatic heterocycles. The lowest BCUT2D eigenvalue weighted by molar-refractivity contribution is 0.0764. The first-order valence-electron chi connectivity index (χ1n) is 6.87. The smallest absolute Gasteiger partial charge is 0.207 e. The van der Waals surface area contributed by atoms with Crippen LogP contribution in [0.15, 0.2) is 36.7 Å². The van der Waals surface area contributed by atoms with Crippen molar-refractivity contribution < 1.29 is 4.74 Å². The minimum Gasteiger partial charge on any atom is -0.374 e. The number of fused-ring (bicyclic) bond motifs is 1. The van der Waals surface area contributed by atoms with Crippen LogP contribution in [-0.4, -0.2) is 26.2 Å².